The number of hydrogen-bond acceptors (Lipinski definition) is 5. The third-order valence-electron chi connectivity index (χ3n) is 2.32. The molecule has 2 rings (SSSR count). The molecule has 2 aliphatic rings. The minimum Gasteiger partial charge on any atom is -0.457 e. The summed E-state index contributed by atoms with van der Waals surface area (Å²) < 4.78 is 15.8. The maximum absolute atomic E-state index is 11.4. The van der Waals surface area contributed by atoms with Gasteiger partial charge in [-0.3, -0.25) is 0 Å². The number of esters is 1. The molecule has 7 heteroatoms. The second kappa shape index (κ2) is 3.37. The largest absolute Gasteiger partial charge is 0.457 e. The van der Waals surface area contributed by atoms with Crippen molar-refractivity contribution in [3.63, 3.8) is 0 Å². The molecule has 2 aliphatic heterocycles. The second-order valence-electron chi connectivity index (χ2n) is 3.91. The molecular weight excluding hydrogens is 202 g/mol. The molecule has 0 N–H and O–H groups in total. The van der Waals surface area contributed by atoms with E-state index >= 15 is 0 Å². The Labute approximate surface area is 85.9 Å². The number of cyclic esters (lactones) is 1. The molecule has 0 saturated carbocycles. The Morgan fingerprint density at radius 1 is 1.53 bits per heavy atom. The molecule has 0 unspecified atom stereocenters. The molecule has 0 radical (unpaired) electrons. The van der Waals surface area contributed by atoms with Crippen LogP contribution in [-0.4, -0.2) is 36.6 Å². The number of nitrogens with zero attached hydrogens (tertiary/aromatic N) is 3. The highest BCUT2D eigenvalue weighted by Gasteiger charge is 2.55. The van der Waals surface area contributed by atoms with Crippen LogP contribution in [0.25, 0.3) is 10.4 Å². The quantitative estimate of drug-likeness (QED) is 0.292. The molecule has 3 atom stereocenters. The van der Waals surface area contributed by atoms with E-state index in [9.17, 15) is 4.79 Å². The number of fused-ring (bicyclic) bond motifs is 1. The Bertz CT molecular complexity index is 335. The van der Waals surface area contributed by atoms with Crippen LogP contribution in [0.1, 0.15) is 13.8 Å². The number of rotatable bonds is 2. The zero-order valence-corrected chi connectivity index (χ0v) is 8.41. The van der Waals surface area contributed by atoms with E-state index in [1.807, 2.05) is 0 Å². The van der Waals surface area contributed by atoms with Crippen molar-refractivity contribution in [3.8, 4) is 0 Å². The van der Waals surface area contributed by atoms with Gasteiger partial charge in [-0.25, -0.2) is 4.79 Å². The molecule has 0 aromatic heterocycles. The lowest BCUT2D eigenvalue weighted by molar-refractivity contribution is -0.185. The number of carbonyl (C=O) groups excluding carboxylic acids is 1. The Hall–Kier alpha value is -1.30. The molecule has 0 aromatic rings. The first-order valence-electron chi connectivity index (χ1n) is 4.60. The first-order valence-corrected chi connectivity index (χ1v) is 4.60. The number of ether oxygens (including phenoxy) is 3. The van der Waals surface area contributed by atoms with Gasteiger partial charge >= 0.3 is 5.97 Å². The summed E-state index contributed by atoms with van der Waals surface area (Å²) in [6.45, 7) is 3.52. The molecule has 7 nitrogen and oxygen atoms in total. The van der Waals surface area contributed by atoms with Crippen LogP contribution in [0.2, 0.25) is 0 Å². The average Bonchev–Trinajstić information content (AvgIpc) is 2.60. The minimum atomic E-state index is -0.788. The highest BCUT2D eigenvalue weighted by atomic mass is 16.8. The van der Waals surface area contributed by atoms with Gasteiger partial charge in [-0.05, 0) is 19.4 Å². The van der Waals surface area contributed by atoms with Crippen LogP contribution in [0.5, 0.6) is 0 Å². The fraction of sp³-hybridized carbons (Fsp3) is 0.875. The van der Waals surface area contributed by atoms with Gasteiger partial charge in [-0.15, -0.1) is 0 Å². The third-order valence-corrected chi connectivity index (χ3v) is 2.32. The predicted molar refractivity (Wildman–Crippen MR) is 47.7 cm³/mol. The van der Waals surface area contributed by atoms with Gasteiger partial charge in [0.15, 0.2) is 11.9 Å². The maximum Gasteiger partial charge on any atom is 0.338 e. The fourth-order valence-electron chi connectivity index (χ4n) is 1.78. The molecule has 0 spiro atoms. The van der Waals surface area contributed by atoms with E-state index in [-0.39, 0.29) is 6.54 Å². The lowest BCUT2D eigenvalue weighted by Gasteiger charge is -2.20. The molecule has 15 heavy (non-hydrogen) atoms. The van der Waals surface area contributed by atoms with Gasteiger partial charge < -0.3 is 14.2 Å². The van der Waals surface area contributed by atoms with Crippen molar-refractivity contribution in [2.45, 2.75) is 37.9 Å². The molecule has 0 bridgehead atoms. The summed E-state index contributed by atoms with van der Waals surface area (Å²) >= 11 is 0. The number of carbonyl (C=O) groups is 1. The Morgan fingerprint density at radius 2 is 2.27 bits per heavy atom. The van der Waals surface area contributed by atoms with Crippen LogP contribution < -0.4 is 0 Å². The van der Waals surface area contributed by atoms with Gasteiger partial charge in [-0.1, -0.05) is 5.11 Å². The zero-order chi connectivity index (χ0) is 11.1. The Morgan fingerprint density at radius 3 is 2.93 bits per heavy atom. The first-order chi connectivity index (χ1) is 7.03. The standard InChI is InChI=1S/C8H11N3O4/c1-8(2)14-5-4(3-10-11-9)13-7(12)6(5)15-8/h4-6H,3H2,1-2H3/t4-,5+,6+/m1/s1. The highest BCUT2D eigenvalue weighted by Crippen LogP contribution is 2.35. The summed E-state index contributed by atoms with van der Waals surface area (Å²) in [5, 5.41) is 3.36. The SMILES string of the molecule is CC1(C)O[C@@H]2[C@H](O1)C(=O)O[C@@H]2CN=[N+]=[N-]. The monoisotopic (exact) mass is 213 g/mol. The molecule has 0 amide bonds. The van der Waals surface area contributed by atoms with Gasteiger partial charge in [0.1, 0.15) is 12.2 Å². The first kappa shape index (κ1) is 10.2. The average molecular weight is 213 g/mol. The topological polar surface area (TPSA) is 93.5 Å². The van der Waals surface area contributed by atoms with Gasteiger partial charge in [0.05, 0.1) is 6.54 Å². The van der Waals surface area contributed by atoms with Crippen LogP contribution >= 0.6 is 0 Å². The lowest BCUT2D eigenvalue weighted by atomic mass is 10.1. The lowest BCUT2D eigenvalue weighted by Crippen LogP contribution is -2.31. The van der Waals surface area contributed by atoms with Crippen molar-refractivity contribution < 1.29 is 19.0 Å². The number of azide groups is 1. The van der Waals surface area contributed by atoms with Crippen molar-refractivity contribution in [1.82, 2.24) is 0 Å². The zero-order valence-electron chi connectivity index (χ0n) is 8.41. The molecule has 82 valence electrons. The van der Waals surface area contributed by atoms with Crippen molar-refractivity contribution >= 4 is 5.97 Å². The van der Waals surface area contributed by atoms with Crippen LogP contribution in [-0.2, 0) is 19.0 Å². The van der Waals surface area contributed by atoms with E-state index < -0.39 is 30.1 Å². The summed E-state index contributed by atoms with van der Waals surface area (Å²) in [6, 6.07) is 0. The smallest absolute Gasteiger partial charge is 0.338 e. The van der Waals surface area contributed by atoms with Gasteiger partial charge in [0.2, 0.25) is 0 Å². The van der Waals surface area contributed by atoms with Crippen LogP contribution in [0.4, 0.5) is 0 Å². The summed E-state index contributed by atoms with van der Waals surface area (Å²) in [5.41, 5.74) is 8.18. The molecule has 0 aromatic carbocycles. The van der Waals surface area contributed by atoms with Crippen molar-refractivity contribution in [2.75, 3.05) is 6.54 Å². The molecule has 2 heterocycles. The third kappa shape index (κ3) is 1.77. The van der Waals surface area contributed by atoms with Gasteiger partial charge in [0, 0.05) is 4.91 Å². The molecular formula is C8H11N3O4. The summed E-state index contributed by atoms with van der Waals surface area (Å²) in [7, 11) is 0. The van der Waals surface area contributed by atoms with Crippen LogP contribution in [0, 0.1) is 0 Å². The van der Waals surface area contributed by atoms with E-state index in [2.05, 4.69) is 10.0 Å². The Kier molecular flexibility index (Phi) is 2.30. The molecule has 2 saturated heterocycles. The summed E-state index contributed by atoms with van der Waals surface area (Å²) in [5.74, 6) is -1.24. The fourth-order valence-corrected chi connectivity index (χ4v) is 1.78. The Balaban J connectivity index is 2.12. The van der Waals surface area contributed by atoms with E-state index in [1.165, 1.54) is 0 Å². The van der Waals surface area contributed by atoms with Crippen molar-refractivity contribution in [3.05, 3.63) is 10.4 Å². The van der Waals surface area contributed by atoms with E-state index in [1.54, 1.807) is 13.8 Å². The molecule has 0 aliphatic carbocycles. The summed E-state index contributed by atoms with van der Waals surface area (Å²) in [4.78, 5) is 14.0. The van der Waals surface area contributed by atoms with Gasteiger partial charge in [-0.2, -0.15) is 0 Å². The van der Waals surface area contributed by atoms with E-state index in [4.69, 9.17) is 19.7 Å². The van der Waals surface area contributed by atoms with E-state index in [0.717, 1.165) is 0 Å². The normalized spacial score (nSPS) is 36.9. The maximum atomic E-state index is 11.4. The number of hydrogen-bond donors (Lipinski definition) is 0. The second-order valence-corrected chi connectivity index (χ2v) is 3.91. The van der Waals surface area contributed by atoms with Crippen LogP contribution in [0.3, 0.4) is 0 Å². The van der Waals surface area contributed by atoms with E-state index in [0.29, 0.717) is 0 Å². The van der Waals surface area contributed by atoms with Crippen LogP contribution in [0.15, 0.2) is 5.11 Å². The van der Waals surface area contributed by atoms with Crippen molar-refractivity contribution in [2.24, 2.45) is 5.11 Å². The molecule has 2 fully saturated rings. The van der Waals surface area contributed by atoms with Crippen molar-refractivity contribution in [1.29, 1.82) is 0 Å². The van der Waals surface area contributed by atoms with Gasteiger partial charge in [0.25, 0.3) is 0 Å². The highest BCUT2D eigenvalue weighted by molar-refractivity contribution is 5.78. The summed E-state index contributed by atoms with van der Waals surface area (Å²) in [6.07, 6.45) is -1.71. The predicted octanol–water partition coefficient (Wildman–Crippen LogP) is 0.742. The minimum absolute atomic E-state index is 0.0723.